The first-order chi connectivity index (χ1) is 9.45. The highest BCUT2D eigenvalue weighted by atomic mass is 32.1. The Bertz CT molecular complexity index is 719. The van der Waals surface area contributed by atoms with Crippen LogP contribution in [0.15, 0.2) is 6.07 Å². The standard InChI is InChI=1S/C12H15N5O2S/c1-4-19-11(18)9-5-8(6(2)14-7(9)3)10-15-16-12(20)17(10)13/h5H,4,13H2,1-3H3,(H,16,20). The molecular weight excluding hydrogens is 278 g/mol. The SMILES string of the molecule is CCOC(=O)c1cc(-c2n[nH]c(=S)n2N)c(C)nc1C. The number of H-pyrrole nitrogens is 1. The molecule has 3 N–H and O–H groups in total. The molecule has 7 nitrogen and oxygen atoms in total. The number of aryl methyl sites for hydroxylation is 2. The second-order valence-electron chi connectivity index (χ2n) is 4.20. The fourth-order valence-corrected chi connectivity index (χ4v) is 1.99. The van der Waals surface area contributed by atoms with Crippen LogP contribution in [0.25, 0.3) is 11.4 Å². The molecule has 0 bridgehead atoms. The number of nitrogens with zero attached hydrogens (tertiary/aromatic N) is 3. The second-order valence-corrected chi connectivity index (χ2v) is 4.58. The van der Waals surface area contributed by atoms with E-state index >= 15 is 0 Å². The summed E-state index contributed by atoms with van der Waals surface area (Å²) < 4.78 is 6.54. The molecule has 0 amide bonds. The highest BCUT2D eigenvalue weighted by molar-refractivity contribution is 7.71. The van der Waals surface area contributed by atoms with Gasteiger partial charge in [0.2, 0.25) is 4.77 Å². The maximum atomic E-state index is 11.9. The minimum absolute atomic E-state index is 0.289. The monoisotopic (exact) mass is 293 g/mol. The molecular formula is C12H15N5O2S. The average molecular weight is 293 g/mol. The predicted molar refractivity (Wildman–Crippen MR) is 76.2 cm³/mol. The van der Waals surface area contributed by atoms with Crippen LogP contribution in [0.2, 0.25) is 0 Å². The molecule has 0 atom stereocenters. The number of nitrogens with two attached hydrogens (primary N) is 1. The Morgan fingerprint density at radius 3 is 2.75 bits per heavy atom. The molecule has 0 aliphatic carbocycles. The van der Waals surface area contributed by atoms with Gasteiger partial charge in [0.05, 0.1) is 17.9 Å². The first-order valence-electron chi connectivity index (χ1n) is 6.04. The lowest BCUT2D eigenvalue weighted by atomic mass is 10.1. The zero-order valence-electron chi connectivity index (χ0n) is 11.4. The van der Waals surface area contributed by atoms with Crippen molar-refractivity contribution < 1.29 is 9.53 Å². The van der Waals surface area contributed by atoms with Gasteiger partial charge in [-0.3, -0.25) is 4.98 Å². The van der Waals surface area contributed by atoms with Crippen LogP contribution in [-0.4, -0.2) is 32.4 Å². The summed E-state index contributed by atoms with van der Waals surface area (Å²) >= 11 is 4.98. The van der Waals surface area contributed by atoms with E-state index in [9.17, 15) is 4.79 Å². The summed E-state index contributed by atoms with van der Waals surface area (Å²) in [6, 6.07) is 1.67. The van der Waals surface area contributed by atoms with Gasteiger partial charge in [0.1, 0.15) is 0 Å². The predicted octanol–water partition coefficient (Wildman–Crippen LogP) is 1.51. The molecule has 8 heteroatoms. The Kier molecular flexibility index (Phi) is 3.84. The summed E-state index contributed by atoms with van der Waals surface area (Å²) in [7, 11) is 0. The molecule has 0 radical (unpaired) electrons. The molecule has 0 aliphatic rings. The summed E-state index contributed by atoms with van der Waals surface area (Å²) in [6.45, 7) is 5.62. The third kappa shape index (κ3) is 2.42. The van der Waals surface area contributed by atoms with Crippen molar-refractivity contribution in [3.63, 3.8) is 0 Å². The number of aromatic nitrogens is 4. The van der Waals surface area contributed by atoms with Crippen molar-refractivity contribution in [3.8, 4) is 11.4 Å². The van der Waals surface area contributed by atoms with E-state index in [-0.39, 0.29) is 4.77 Å². The Balaban J connectivity index is 2.60. The van der Waals surface area contributed by atoms with Gasteiger partial charge in [-0.1, -0.05) is 0 Å². The van der Waals surface area contributed by atoms with Crippen LogP contribution in [0.4, 0.5) is 0 Å². The number of pyridine rings is 1. The van der Waals surface area contributed by atoms with Gasteiger partial charge in [-0.25, -0.2) is 14.6 Å². The van der Waals surface area contributed by atoms with Crippen LogP contribution in [0.1, 0.15) is 28.7 Å². The molecule has 106 valence electrons. The highest BCUT2D eigenvalue weighted by Gasteiger charge is 2.18. The normalized spacial score (nSPS) is 10.6. The summed E-state index contributed by atoms with van der Waals surface area (Å²) in [6.07, 6.45) is 0. The fourth-order valence-electron chi connectivity index (χ4n) is 1.86. The van der Waals surface area contributed by atoms with E-state index in [1.165, 1.54) is 4.68 Å². The number of carbonyl (C=O) groups excluding carboxylic acids is 1. The molecule has 2 heterocycles. The second kappa shape index (κ2) is 5.41. The minimum Gasteiger partial charge on any atom is -0.462 e. The lowest BCUT2D eigenvalue weighted by molar-refractivity contribution is 0.0525. The maximum Gasteiger partial charge on any atom is 0.339 e. The topological polar surface area (TPSA) is 98.8 Å². The van der Waals surface area contributed by atoms with E-state index in [0.717, 1.165) is 0 Å². The van der Waals surface area contributed by atoms with Crippen LogP contribution in [0.5, 0.6) is 0 Å². The molecule has 2 aromatic rings. The molecule has 0 saturated heterocycles. The van der Waals surface area contributed by atoms with Crippen LogP contribution in [0.3, 0.4) is 0 Å². The van der Waals surface area contributed by atoms with Crippen molar-refractivity contribution in [3.05, 3.63) is 27.8 Å². The molecule has 0 aromatic carbocycles. The van der Waals surface area contributed by atoms with Gasteiger partial charge < -0.3 is 10.6 Å². The van der Waals surface area contributed by atoms with Crippen LogP contribution in [-0.2, 0) is 4.74 Å². The van der Waals surface area contributed by atoms with Crippen LogP contribution in [0, 0.1) is 18.6 Å². The number of rotatable bonds is 3. The summed E-state index contributed by atoms with van der Waals surface area (Å²) in [5.74, 6) is 5.80. The number of nitrogen functional groups attached to an aromatic ring is 1. The van der Waals surface area contributed by atoms with E-state index in [0.29, 0.717) is 34.9 Å². The summed E-state index contributed by atoms with van der Waals surface area (Å²) in [5, 5.41) is 6.65. The minimum atomic E-state index is -0.420. The largest absolute Gasteiger partial charge is 0.462 e. The number of carbonyl (C=O) groups is 1. The van der Waals surface area contributed by atoms with E-state index in [4.69, 9.17) is 22.8 Å². The first-order valence-corrected chi connectivity index (χ1v) is 6.44. The Hall–Kier alpha value is -2.22. The Morgan fingerprint density at radius 2 is 2.20 bits per heavy atom. The van der Waals surface area contributed by atoms with Crippen molar-refractivity contribution in [1.82, 2.24) is 19.9 Å². The van der Waals surface area contributed by atoms with Crippen LogP contribution < -0.4 is 5.84 Å². The first kappa shape index (κ1) is 14.2. The van der Waals surface area contributed by atoms with E-state index in [1.807, 2.05) is 6.92 Å². The number of hydrogen-bond donors (Lipinski definition) is 2. The van der Waals surface area contributed by atoms with Crippen molar-refractivity contribution in [2.24, 2.45) is 0 Å². The van der Waals surface area contributed by atoms with Gasteiger partial charge in [0.15, 0.2) is 5.82 Å². The number of ether oxygens (including phenoxy) is 1. The van der Waals surface area contributed by atoms with Crippen molar-refractivity contribution >= 4 is 18.2 Å². The molecule has 0 aliphatic heterocycles. The van der Waals surface area contributed by atoms with Crippen molar-refractivity contribution in [2.45, 2.75) is 20.8 Å². The molecule has 20 heavy (non-hydrogen) atoms. The lowest BCUT2D eigenvalue weighted by Crippen LogP contribution is -2.13. The average Bonchev–Trinajstić information content (AvgIpc) is 2.71. The maximum absolute atomic E-state index is 11.9. The van der Waals surface area contributed by atoms with Gasteiger partial charge in [-0.15, -0.1) is 0 Å². The highest BCUT2D eigenvalue weighted by Crippen LogP contribution is 2.22. The molecule has 0 unspecified atom stereocenters. The summed E-state index contributed by atoms with van der Waals surface area (Å²) in [5.41, 5.74) is 2.33. The Labute approximate surface area is 120 Å². The fraction of sp³-hybridized carbons (Fsp3) is 0.333. The van der Waals surface area contributed by atoms with Gasteiger partial charge in [-0.05, 0) is 39.1 Å². The summed E-state index contributed by atoms with van der Waals surface area (Å²) in [4.78, 5) is 16.2. The number of hydrogen-bond acceptors (Lipinski definition) is 6. The van der Waals surface area contributed by atoms with Gasteiger partial charge in [-0.2, -0.15) is 5.10 Å². The van der Waals surface area contributed by atoms with E-state index in [2.05, 4.69) is 15.2 Å². The van der Waals surface area contributed by atoms with Gasteiger partial charge in [0.25, 0.3) is 0 Å². The molecule has 2 rings (SSSR count). The quantitative estimate of drug-likeness (QED) is 0.505. The number of esters is 1. The zero-order valence-corrected chi connectivity index (χ0v) is 12.2. The van der Waals surface area contributed by atoms with E-state index < -0.39 is 5.97 Å². The van der Waals surface area contributed by atoms with Crippen LogP contribution >= 0.6 is 12.2 Å². The van der Waals surface area contributed by atoms with Crippen molar-refractivity contribution in [2.75, 3.05) is 12.4 Å². The van der Waals surface area contributed by atoms with Gasteiger partial charge in [0, 0.05) is 11.3 Å². The molecule has 0 fully saturated rings. The smallest absolute Gasteiger partial charge is 0.339 e. The third-order valence-corrected chi connectivity index (χ3v) is 3.13. The number of nitrogens with one attached hydrogen (secondary N) is 1. The molecule has 2 aromatic heterocycles. The third-order valence-electron chi connectivity index (χ3n) is 2.84. The lowest BCUT2D eigenvalue weighted by Gasteiger charge is -2.10. The van der Waals surface area contributed by atoms with Crippen molar-refractivity contribution in [1.29, 1.82) is 0 Å². The molecule has 0 spiro atoms. The van der Waals surface area contributed by atoms with Gasteiger partial charge >= 0.3 is 5.97 Å². The van der Waals surface area contributed by atoms with E-state index in [1.54, 1.807) is 19.9 Å². The molecule has 0 saturated carbocycles. The number of aromatic amines is 1. The zero-order chi connectivity index (χ0) is 14.9. The Morgan fingerprint density at radius 1 is 1.50 bits per heavy atom.